The highest BCUT2D eigenvalue weighted by atomic mass is 35.5. The van der Waals surface area contributed by atoms with Crippen molar-refractivity contribution in [2.75, 3.05) is 20.2 Å². The molecular formula is C41H50ClN3O4. The van der Waals surface area contributed by atoms with Crippen LogP contribution in [0, 0.1) is 6.92 Å². The maximum absolute atomic E-state index is 13.5. The molecule has 0 unspecified atom stereocenters. The Hall–Kier alpha value is -4.62. The second-order valence-corrected chi connectivity index (χ2v) is 12.0. The Labute approximate surface area is 296 Å². The van der Waals surface area contributed by atoms with Gasteiger partial charge in [-0.1, -0.05) is 79.3 Å². The quantitative estimate of drug-likeness (QED) is 0.0919. The molecule has 0 saturated carbocycles. The molecule has 0 fully saturated rings. The first-order valence-corrected chi connectivity index (χ1v) is 17.5. The maximum Gasteiger partial charge on any atom is 0.262 e. The highest BCUT2D eigenvalue weighted by molar-refractivity contribution is 6.30. The number of rotatable bonds is 20. The fraction of sp³-hybridized carbons (Fsp3) is 0.341. The molecule has 0 atom stereocenters. The Morgan fingerprint density at radius 2 is 1.35 bits per heavy atom. The number of halogens is 1. The molecular weight excluding hydrogens is 634 g/mol. The van der Waals surface area contributed by atoms with E-state index in [4.69, 9.17) is 16.3 Å². The molecule has 2 amide bonds. The molecule has 0 aliphatic heterocycles. The lowest BCUT2D eigenvalue weighted by Crippen LogP contribution is -2.35. The zero-order valence-electron chi connectivity index (χ0n) is 29.1. The van der Waals surface area contributed by atoms with E-state index in [1.807, 2.05) is 19.1 Å². The summed E-state index contributed by atoms with van der Waals surface area (Å²) >= 11 is 6.02. The van der Waals surface area contributed by atoms with E-state index in [2.05, 4.69) is 78.3 Å². The number of ether oxygens (including phenoxy) is 1. The zero-order chi connectivity index (χ0) is 35.3. The average Bonchev–Trinajstić information content (AvgIpc) is 3.37. The van der Waals surface area contributed by atoms with Crippen LogP contribution < -0.4 is 15.4 Å². The normalized spacial score (nSPS) is 12.0. The number of hydrogen-bond donors (Lipinski definition) is 2. The molecule has 260 valence electrons. The van der Waals surface area contributed by atoms with Gasteiger partial charge in [0.2, 0.25) is 11.8 Å². The van der Waals surface area contributed by atoms with Crippen LogP contribution in [0.5, 0.6) is 5.75 Å². The van der Waals surface area contributed by atoms with Crippen molar-refractivity contribution in [1.82, 2.24) is 15.2 Å². The fourth-order valence-corrected chi connectivity index (χ4v) is 5.39. The fourth-order valence-electron chi connectivity index (χ4n) is 5.26. The van der Waals surface area contributed by atoms with Crippen LogP contribution in [-0.4, -0.2) is 42.5 Å². The molecule has 0 aliphatic carbocycles. The molecule has 7 nitrogen and oxygen atoms in total. The minimum Gasteiger partial charge on any atom is -0.497 e. The lowest BCUT2D eigenvalue weighted by molar-refractivity contribution is -0.122. The van der Waals surface area contributed by atoms with E-state index in [-0.39, 0.29) is 24.1 Å². The topological polar surface area (TPSA) is 89.4 Å². The van der Waals surface area contributed by atoms with Gasteiger partial charge in [0.05, 0.1) is 19.0 Å². The van der Waals surface area contributed by atoms with E-state index >= 15 is 0 Å². The van der Waals surface area contributed by atoms with Crippen molar-refractivity contribution >= 4 is 40.2 Å². The van der Waals surface area contributed by atoms with Gasteiger partial charge < -0.3 is 15.4 Å². The molecule has 49 heavy (non-hydrogen) atoms. The number of nitrogens with one attached hydrogen (secondary N) is 2. The predicted molar refractivity (Wildman–Crippen MR) is 202 cm³/mol. The number of nitrogens with zero attached hydrogens (tertiary/aromatic N) is 1. The summed E-state index contributed by atoms with van der Waals surface area (Å²) in [7, 11) is 1.58. The van der Waals surface area contributed by atoms with Gasteiger partial charge in [0.1, 0.15) is 5.75 Å². The van der Waals surface area contributed by atoms with E-state index in [0.717, 1.165) is 55.9 Å². The van der Waals surface area contributed by atoms with E-state index in [1.165, 1.54) is 0 Å². The van der Waals surface area contributed by atoms with Crippen molar-refractivity contribution < 1.29 is 19.1 Å². The van der Waals surface area contributed by atoms with Crippen LogP contribution in [0.4, 0.5) is 0 Å². The summed E-state index contributed by atoms with van der Waals surface area (Å²) in [6.45, 7) is 4.63. The number of allylic oxidation sites excluding steroid dienone is 10. The van der Waals surface area contributed by atoms with Crippen molar-refractivity contribution in [3.05, 3.63) is 125 Å². The van der Waals surface area contributed by atoms with Crippen LogP contribution in [0.15, 0.2) is 103 Å². The SMILES string of the molecule is CCC=CCC=CCC=CCC=CCC=CCCCC(=O)NCCNC(=O)Cc1c(C)n(C(=O)c2ccc(Cl)cc2)c2ccc(OC)cc12. The molecule has 0 radical (unpaired) electrons. The minimum atomic E-state index is -0.208. The Kier molecular flexibility index (Phi) is 17.5. The molecule has 1 aromatic heterocycles. The van der Waals surface area contributed by atoms with Crippen LogP contribution in [0.1, 0.15) is 79.9 Å². The van der Waals surface area contributed by atoms with Crippen molar-refractivity contribution in [3.63, 3.8) is 0 Å². The number of carbonyl (C=O) groups excluding carboxylic acids is 3. The summed E-state index contributed by atoms with van der Waals surface area (Å²) in [5.74, 6) is 0.194. The Balaban J connectivity index is 1.35. The number of unbranched alkanes of at least 4 members (excludes halogenated alkanes) is 1. The molecule has 3 aromatic rings. The van der Waals surface area contributed by atoms with Gasteiger partial charge in [-0.3, -0.25) is 19.0 Å². The van der Waals surface area contributed by atoms with Crippen LogP contribution in [0.25, 0.3) is 10.9 Å². The highest BCUT2D eigenvalue weighted by Crippen LogP contribution is 2.31. The Morgan fingerprint density at radius 3 is 1.94 bits per heavy atom. The average molecular weight is 684 g/mol. The predicted octanol–water partition coefficient (Wildman–Crippen LogP) is 9.00. The maximum atomic E-state index is 13.5. The van der Waals surface area contributed by atoms with Crippen molar-refractivity contribution in [2.45, 2.75) is 71.6 Å². The first kappa shape index (κ1) is 38.8. The van der Waals surface area contributed by atoms with Gasteiger partial charge in [-0.2, -0.15) is 0 Å². The monoisotopic (exact) mass is 683 g/mol. The summed E-state index contributed by atoms with van der Waals surface area (Å²) in [4.78, 5) is 38.7. The third-order valence-electron chi connectivity index (χ3n) is 7.88. The van der Waals surface area contributed by atoms with Crippen LogP contribution in [0.2, 0.25) is 5.02 Å². The smallest absolute Gasteiger partial charge is 0.262 e. The van der Waals surface area contributed by atoms with Gasteiger partial charge in [-0.05, 0) is 99.9 Å². The number of hydrogen-bond acceptors (Lipinski definition) is 4. The van der Waals surface area contributed by atoms with Gasteiger partial charge >= 0.3 is 0 Å². The Morgan fingerprint density at radius 1 is 0.776 bits per heavy atom. The van der Waals surface area contributed by atoms with Crippen LogP contribution in [0.3, 0.4) is 0 Å². The van der Waals surface area contributed by atoms with Gasteiger partial charge in [0, 0.05) is 41.2 Å². The van der Waals surface area contributed by atoms with Gasteiger partial charge in [-0.25, -0.2) is 0 Å². The van der Waals surface area contributed by atoms with Crippen molar-refractivity contribution in [1.29, 1.82) is 0 Å². The third-order valence-corrected chi connectivity index (χ3v) is 8.13. The molecule has 2 N–H and O–H groups in total. The van der Waals surface area contributed by atoms with Crippen molar-refractivity contribution in [2.24, 2.45) is 0 Å². The largest absolute Gasteiger partial charge is 0.497 e. The molecule has 0 bridgehead atoms. The van der Waals surface area contributed by atoms with E-state index < -0.39 is 0 Å². The van der Waals surface area contributed by atoms with Crippen LogP contribution in [-0.2, 0) is 16.0 Å². The molecule has 1 heterocycles. The lowest BCUT2D eigenvalue weighted by atomic mass is 10.1. The number of amides is 2. The van der Waals surface area contributed by atoms with Gasteiger partial charge in [-0.15, -0.1) is 0 Å². The molecule has 0 saturated heterocycles. The number of carbonyl (C=O) groups is 3. The zero-order valence-corrected chi connectivity index (χ0v) is 29.8. The summed E-state index contributed by atoms with van der Waals surface area (Å²) in [6.07, 6.45) is 28.7. The van der Waals surface area contributed by atoms with Gasteiger partial charge in [0.15, 0.2) is 0 Å². The van der Waals surface area contributed by atoms with E-state index in [0.29, 0.717) is 47.1 Å². The Bertz CT molecular complexity index is 1660. The minimum absolute atomic E-state index is 0.0340. The van der Waals surface area contributed by atoms with E-state index in [9.17, 15) is 14.4 Å². The molecule has 0 aliphatic rings. The molecule has 0 spiro atoms. The molecule has 8 heteroatoms. The van der Waals surface area contributed by atoms with Crippen molar-refractivity contribution in [3.8, 4) is 5.75 Å². The summed E-state index contributed by atoms with van der Waals surface area (Å²) in [5.41, 5.74) is 2.61. The summed E-state index contributed by atoms with van der Waals surface area (Å²) in [6, 6.07) is 12.2. The number of benzene rings is 2. The standard InChI is InChI=1S/C41H50ClN3O4/c1-4-5-6-7-8-9-10-11-12-13-14-15-16-17-18-19-20-21-39(46)43-28-29-44-40(47)31-36-32(2)45(38-27-26-35(49-3)30-37(36)38)41(48)33-22-24-34(42)25-23-33/h5-6,8-9,11-12,14-15,17-18,22-27,30H,4,7,10,13,16,19-21,28-29,31H2,1-3H3,(H,43,46)(H,44,47). The highest BCUT2D eigenvalue weighted by Gasteiger charge is 2.22. The third kappa shape index (κ3) is 13.4. The molecule has 2 aromatic carbocycles. The molecule has 3 rings (SSSR count). The number of fused-ring (bicyclic) bond motifs is 1. The summed E-state index contributed by atoms with van der Waals surface area (Å²) in [5, 5.41) is 7.08. The van der Waals surface area contributed by atoms with Crippen LogP contribution >= 0.6 is 11.6 Å². The summed E-state index contributed by atoms with van der Waals surface area (Å²) < 4.78 is 7.04. The second-order valence-electron chi connectivity index (χ2n) is 11.6. The first-order chi connectivity index (χ1) is 23.8. The number of methoxy groups -OCH3 is 1. The second kappa shape index (κ2) is 22.1. The lowest BCUT2D eigenvalue weighted by Gasteiger charge is -2.09. The van der Waals surface area contributed by atoms with E-state index in [1.54, 1.807) is 42.0 Å². The number of aromatic nitrogens is 1. The van der Waals surface area contributed by atoms with Gasteiger partial charge in [0.25, 0.3) is 5.91 Å². The first-order valence-electron chi connectivity index (χ1n) is 17.1.